The molecule has 3 aromatic heterocycles. The maximum absolute atomic E-state index is 11.9. The quantitative estimate of drug-likeness (QED) is 0.715. The van der Waals surface area contributed by atoms with Crippen molar-refractivity contribution >= 4 is 17.4 Å². The molecule has 0 radical (unpaired) electrons. The van der Waals surface area contributed by atoms with Gasteiger partial charge in [-0.25, -0.2) is 9.50 Å². The van der Waals surface area contributed by atoms with Gasteiger partial charge in [-0.1, -0.05) is 0 Å². The van der Waals surface area contributed by atoms with Crippen LogP contribution in [0.4, 0.5) is 5.69 Å². The Bertz CT molecular complexity index is 660. The zero-order chi connectivity index (χ0) is 12.4. The van der Waals surface area contributed by atoms with E-state index in [2.05, 4.69) is 25.4 Å². The summed E-state index contributed by atoms with van der Waals surface area (Å²) < 4.78 is 1.45. The van der Waals surface area contributed by atoms with Crippen LogP contribution in [0.15, 0.2) is 43.0 Å². The second-order valence-electron chi connectivity index (χ2n) is 3.49. The predicted octanol–water partition coefficient (Wildman–Crippen LogP) is 0.772. The number of carbonyl (C=O) groups is 1. The molecular weight excluding hydrogens is 232 g/mol. The predicted molar refractivity (Wildman–Crippen MR) is 63.0 cm³/mol. The number of hydrogen-bond donors (Lipinski definition) is 1. The number of rotatable bonds is 2. The highest BCUT2D eigenvalue weighted by atomic mass is 16.2. The van der Waals surface area contributed by atoms with Crippen molar-refractivity contribution < 1.29 is 4.79 Å². The molecule has 3 rings (SSSR count). The summed E-state index contributed by atoms with van der Waals surface area (Å²) in [6.45, 7) is 0. The SMILES string of the molecule is O=C(Nc1ccncc1)c1nc2ncccn2n1. The second kappa shape index (κ2) is 4.21. The lowest BCUT2D eigenvalue weighted by Crippen LogP contribution is -2.13. The maximum atomic E-state index is 11.9. The minimum atomic E-state index is -0.383. The Balaban J connectivity index is 1.88. The van der Waals surface area contributed by atoms with Crippen molar-refractivity contribution in [2.45, 2.75) is 0 Å². The number of nitrogens with zero attached hydrogens (tertiary/aromatic N) is 5. The molecular formula is C11H8N6O. The molecule has 0 unspecified atom stereocenters. The number of amides is 1. The van der Waals surface area contributed by atoms with E-state index in [-0.39, 0.29) is 11.7 Å². The van der Waals surface area contributed by atoms with Crippen molar-refractivity contribution in [1.82, 2.24) is 24.6 Å². The average molecular weight is 240 g/mol. The molecule has 0 aliphatic heterocycles. The average Bonchev–Trinajstić information content (AvgIpc) is 2.84. The molecule has 7 heteroatoms. The molecule has 1 amide bonds. The van der Waals surface area contributed by atoms with Gasteiger partial charge in [0, 0.05) is 30.5 Å². The molecule has 1 N–H and O–H groups in total. The fourth-order valence-corrected chi connectivity index (χ4v) is 1.45. The molecule has 0 saturated heterocycles. The lowest BCUT2D eigenvalue weighted by atomic mass is 10.4. The van der Waals surface area contributed by atoms with Gasteiger partial charge in [-0.15, -0.1) is 5.10 Å². The molecule has 0 fully saturated rings. The van der Waals surface area contributed by atoms with Crippen LogP contribution in [0.2, 0.25) is 0 Å². The van der Waals surface area contributed by atoms with Crippen molar-refractivity contribution in [3.05, 3.63) is 48.8 Å². The molecule has 0 bridgehead atoms. The summed E-state index contributed by atoms with van der Waals surface area (Å²) in [5.74, 6) is 0.0783. The van der Waals surface area contributed by atoms with Gasteiger partial charge in [0.05, 0.1) is 0 Å². The van der Waals surface area contributed by atoms with Gasteiger partial charge in [0.25, 0.3) is 11.7 Å². The first kappa shape index (κ1) is 10.3. The zero-order valence-electron chi connectivity index (χ0n) is 9.19. The molecule has 18 heavy (non-hydrogen) atoms. The van der Waals surface area contributed by atoms with Crippen LogP contribution >= 0.6 is 0 Å². The van der Waals surface area contributed by atoms with E-state index in [1.165, 1.54) is 4.52 Å². The molecule has 7 nitrogen and oxygen atoms in total. The molecule has 0 saturated carbocycles. The maximum Gasteiger partial charge on any atom is 0.295 e. The van der Waals surface area contributed by atoms with Crippen LogP contribution in [0.25, 0.3) is 5.78 Å². The third-order valence-corrected chi connectivity index (χ3v) is 2.26. The molecule has 0 atom stereocenters. The monoisotopic (exact) mass is 240 g/mol. The Labute approximate surface area is 102 Å². The number of fused-ring (bicyclic) bond motifs is 1. The largest absolute Gasteiger partial charge is 0.319 e. The smallest absolute Gasteiger partial charge is 0.295 e. The van der Waals surface area contributed by atoms with E-state index in [0.29, 0.717) is 11.5 Å². The van der Waals surface area contributed by atoms with Crippen LogP contribution in [-0.2, 0) is 0 Å². The van der Waals surface area contributed by atoms with Gasteiger partial charge in [0.2, 0.25) is 5.82 Å². The van der Waals surface area contributed by atoms with Crippen molar-refractivity contribution in [3.8, 4) is 0 Å². The lowest BCUT2D eigenvalue weighted by molar-refractivity contribution is 0.101. The number of carbonyl (C=O) groups excluding carboxylic acids is 1. The highest BCUT2D eigenvalue weighted by Gasteiger charge is 2.13. The minimum absolute atomic E-state index is 0.0745. The normalized spacial score (nSPS) is 10.4. The fraction of sp³-hybridized carbons (Fsp3) is 0. The number of hydrogen-bond acceptors (Lipinski definition) is 5. The van der Waals surface area contributed by atoms with E-state index in [1.54, 1.807) is 43.0 Å². The first-order valence-corrected chi connectivity index (χ1v) is 5.22. The summed E-state index contributed by atoms with van der Waals surface area (Å²) in [6.07, 6.45) is 6.45. The number of pyridine rings is 1. The van der Waals surface area contributed by atoms with Crippen molar-refractivity contribution in [3.63, 3.8) is 0 Å². The summed E-state index contributed by atoms with van der Waals surface area (Å²) in [7, 11) is 0. The topological polar surface area (TPSA) is 85.1 Å². The summed E-state index contributed by atoms with van der Waals surface area (Å²) in [5.41, 5.74) is 0.641. The van der Waals surface area contributed by atoms with E-state index in [0.717, 1.165) is 0 Å². The van der Waals surface area contributed by atoms with Gasteiger partial charge in [-0.3, -0.25) is 9.78 Å². The molecule has 88 valence electrons. The molecule has 3 heterocycles. The number of nitrogens with one attached hydrogen (secondary N) is 1. The van der Waals surface area contributed by atoms with Crippen LogP contribution in [0, 0.1) is 0 Å². The lowest BCUT2D eigenvalue weighted by Gasteiger charge is -2.00. The third-order valence-electron chi connectivity index (χ3n) is 2.26. The summed E-state index contributed by atoms with van der Waals surface area (Å²) in [4.78, 5) is 23.8. The number of anilines is 1. The van der Waals surface area contributed by atoms with E-state index in [4.69, 9.17) is 0 Å². The Morgan fingerprint density at radius 3 is 2.83 bits per heavy atom. The molecule has 0 aliphatic rings. The molecule has 0 aromatic carbocycles. The van der Waals surface area contributed by atoms with Gasteiger partial charge in [0.15, 0.2) is 0 Å². The van der Waals surface area contributed by atoms with Gasteiger partial charge >= 0.3 is 0 Å². The van der Waals surface area contributed by atoms with E-state index in [1.807, 2.05) is 0 Å². The zero-order valence-corrected chi connectivity index (χ0v) is 9.19. The third kappa shape index (κ3) is 1.88. The summed E-state index contributed by atoms with van der Waals surface area (Å²) in [5, 5.41) is 6.70. The summed E-state index contributed by atoms with van der Waals surface area (Å²) in [6, 6.07) is 5.09. The Kier molecular flexibility index (Phi) is 2.41. The van der Waals surface area contributed by atoms with Gasteiger partial charge in [-0.2, -0.15) is 4.98 Å². The first-order chi connectivity index (χ1) is 8.83. The summed E-state index contributed by atoms with van der Waals surface area (Å²) >= 11 is 0. The molecule has 3 aromatic rings. The van der Waals surface area contributed by atoms with Crippen molar-refractivity contribution in [1.29, 1.82) is 0 Å². The van der Waals surface area contributed by atoms with E-state index in [9.17, 15) is 4.79 Å². The van der Waals surface area contributed by atoms with E-state index >= 15 is 0 Å². The molecule has 0 aliphatic carbocycles. The van der Waals surface area contributed by atoms with Crippen LogP contribution in [0.1, 0.15) is 10.6 Å². The van der Waals surface area contributed by atoms with Crippen LogP contribution in [0.3, 0.4) is 0 Å². The van der Waals surface area contributed by atoms with Gasteiger partial charge in [-0.05, 0) is 18.2 Å². The van der Waals surface area contributed by atoms with Crippen LogP contribution in [0.5, 0.6) is 0 Å². The van der Waals surface area contributed by atoms with Gasteiger partial charge < -0.3 is 5.32 Å². The van der Waals surface area contributed by atoms with E-state index < -0.39 is 0 Å². The minimum Gasteiger partial charge on any atom is -0.319 e. The Morgan fingerprint density at radius 2 is 2.06 bits per heavy atom. The molecule has 0 spiro atoms. The van der Waals surface area contributed by atoms with Crippen LogP contribution in [-0.4, -0.2) is 30.5 Å². The first-order valence-electron chi connectivity index (χ1n) is 5.22. The Hall–Kier alpha value is -2.83. The highest BCUT2D eigenvalue weighted by molar-refractivity contribution is 6.01. The standard InChI is InChI=1S/C11H8N6O/c18-10(14-8-2-5-12-6-3-8)9-15-11-13-4-1-7-17(11)16-9/h1-7H,(H,12,14,18). The fourth-order valence-electron chi connectivity index (χ4n) is 1.45. The highest BCUT2D eigenvalue weighted by Crippen LogP contribution is 2.05. The van der Waals surface area contributed by atoms with Crippen molar-refractivity contribution in [2.24, 2.45) is 0 Å². The second-order valence-corrected chi connectivity index (χ2v) is 3.49. The number of aromatic nitrogens is 5. The van der Waals surface area contributed by atoms with Crippen LogP contribution < -0.4 is 5.32 Å². The van der Waals surface area contributed by atoms with Gasteiger partial charge in [0.1, 0.15) is 0 Å². The van der Waals surface area contributed by atoms with Crippen molar-refractivity contribution in [2.75, 3.05) is 5.32 Å². The Morgan fingerprint density at radius 1 is 1.22 bits per heavy atom.